The maximum absolute atomic E-state index is 10.6. The largest absolute Gasteiger partial charge is 0.380 e. The molecule has 0 radical (unpaired) electrons. The van der Waals surface area contributed by atoms with Gasteiger partial charge in [0.05, 0.1) is 19.1 Å². The monoisotopic (exact) mass is 168 g/mol. The van der Waals surface area contributed by atoms with Gasteiger partial charge in [0.25, 0.3) is 5.91 Å². The van der Waals surface area contributed by atoms with Gasteiger partial charge in [-0.15, -0.1) is 0 Å². The van der Waals surface area contributed by atoms with Crippen LogP contribution in [0.3, 0.4) is 0 Å². The molecule has 0 aliphatic carbocycles. The molecule has 12 heavy (non-hydrogen) atoms. The molecular formula is C7H8N2O3. The normalized spacial score (nSPS) is 17.3. The molecule has 1 saturated heterocycles. The summed E-state index contributed by atoms with van der Waals surface area (Å²) < 4.78 is 9.85. The van der Waals surface area contributed by atoms with E-state index in [2.05, 4.69) is 5.16 Å². The summed E-state index contributed by atoms with van der Waals surface area (Å²) in [5, 5.41) is 3.51. The van der Waals surface area contributed by atoms with Gasteiger partial charge in [-0.1, -0.05) is 5.16 Å². The van der Waals surface area contributed by atoms with E-state index in [-0.39, 0.29) is 11.6 Å². The van der Waals surface area contributed by atoms with Crippen LogP contribution in [-0.4, -0.2) is 24.3 Å². The molecule has 2 rings (SSSR count). The Morgan fingerprint density at radius 3 is 2.83 bits per heavy atom. The SMILES string of the molecule is NC(=O)c1cc(C2COC2)on1. The number of hydrogen-bond acceptors (Lipinski definition) is 4. The Hall–Kier alpha value is -1.36. The maximum Gasteiger partial charge on any atom is 0.270 e. The minimum atomic E-state index is -0.565. The first-order valence-electron chi connectivity index (χ1n) is 3.61. The zero-order chi connectivity index (χ0) is 8.55. The van der Waals surface area contributed by atoms with E-state index in [1.807, 2.05) is 0 Å². The quantitative estimate of drug-likeness (QED) is 0.668. The number of carbonyl (C=O) groups is 1. The van der Waals surface area contributed by atoms with Crippen LogP contribution in [0.15, 0.2) is 10.6 Å². The molecule has 1 aliphatic heterocycles. The van der Waals surface area contributed by atoms with Crippen molar-refractivity contribution in [3.8, 4) is 0 Å². The number of primary amides is 1. The van der Waals surface area contributed by atoms with E-state index < -0.39 is 5.91 Å². The van der Waals surface area contributed by atoms with Gasteiger partial charge in [0.15, 0.2) is 5.69 Å². The van der Waals surface area contributed by atoms with Crippen LogP contribution in [0.1, 0.15) is 22.2 Å². The van der Waals surface area contributed by atoms with Gasteiger partial charge in [0.2, 0.25) is 0 Å². The second-order valence-electron chi connectivity index (χ2n) is 2.71. The summed E-state index contributed by atoms with van der Waals surface area (Å²) in [6, 6.07) is 1.56. The summed E-state index contributed by atoms with van der Waals surface area (Å²) in [6.45, 7) is 1.26. The van der Waals surface area contributed by atoms with Crippen molar-refractivity contribution in [1.82, 2.24) is 5.16 Å². The van der Waals surface area contributed by atoms with E-state index in [0.29, 0.717) is 19.0 Å². The van der Waals surface area contributed by atoms with Gasteiger partial charge < -0.3 is 15.0 Å². The fourth-order valence-corrected chi connectivity index (χ4v) is 0.998. The van der Waals surface area contributed by atoms with Crippen molar-refractivity contribution in [3.63, 3.8) is 0 Å². The highest BCUT2D eigenvalue weighted by Gasteiger charge is 2.25. The van der Waals surface area contributed by atoms with Crippen LogP contribution in [0, 0.1) is 0 Å². The van der Waals surface area contributed by atoms with Gasteiger partial charge in [-0.2, -0.15) is 0 Å². The second kappa shape index (κ2) is 2.60. The molecule has 0 spiro atoms. The number of amides is 1. The lowest BCUT2D eigenvalue weighted by molar-refractivity contribution is -0.00228. The van der Waals surface area contributed by atoms with Crippen LogP contribution in [0.2, 0.25) is 0 Å². The van der Waals surface area contributed by atoms with Crippen LogP contribution in [0.4, 0.5) is 0 Å². The molecule has 1 amide bonds. The zero-order valence-corrected chi connectivity index (χ0v) is 6.32. The Morgan fingerprint density at radius 2 is 2.42 bits per heavy atom. The summed E-state index contributed by atoms with van der Waals surface area (Å²) in [5.74, 6) is 0.353. The van der Waals surface area contributed by atoms with Crippen LogP contribution >= 0.6 is 0 Å². The van der Waals surface area contributed by atoms with Crippen molar-refractivity contribution in [2.24, 2.45) is 5.73 Å². The standard InChI is InChI=1S/C7H8N2O3/c8-7(10)5-1-6(12-9-5)4-2-11-3-4/h1,4H,2-3H2,(H2,8,10). The van der Waals surface area contributed by atoms with E-state index in [1.165, 1.54) is 0 Å². The molecule has 1 aliphatic rings. The van der Waals surface area contributed by atoms with Crippen molar-refractivity contribution >= 4 is 5.91 Å². The molecule has 0 unspecified atom stereocenters. The van der Waals surface area contributed by atoms with E-state index in [9.17, 15) is 4.79 Å². The fraction of sp³-hybridized carbons (Fsp3) is 0.429. The van der Waals surface area contributed by atoms with Crippen molar-refractivity contribution in [2.75, 3.05) is 13.2 Å². The fourth-order valence-electron chi connectivity index (χ4n) is 0.998. The van der Waals surface area contributed by atoms with Crippen LogP contribution < -0.4 is 5.73 Å². The highest BCUT2D eigenvalue weighted by molar-refractivity contribution is 5.90. The molecule has 1 aromatic heterocycles. The van der Waals surface area contributed by atoms with E-state index in [0.717, 1.165) is 0 Å². The molecule has 5 nitrogen and oxygen atoms in total. The summed E-state index contributed by atoms with van der Waals surface area (Å²) >= 11 is 0. The molecule has 0 saturated carbocycles. The first-order valence-corrected chi connectivity index (χ1v) is 3.61. The van der Waals surface area contributed by atoms with E-state index >= 15 is 0 Å². The molecule has 5 heteroatoms. The summed E-state index contributed by atoms with van der Waals surface area (Å²) in [7, 11) is 0. The molecule has 64 valence electrons. The van der Waals surface area contributed by atoms with Crippen molar-refractivity contribution in [3.05, 3.63) is 17.5 Å². The maximum atomic E-state index is 10.6. The van der Waals surface area contributed by atoms with Crippen LogP contribution in [-0.2, 0) is 4.74 Å². The predicted octanol–water partition coefficient (Wildman–Crippen LogP) is -0.113. The molecular weight excluding hydrogens is 160 g/mol. The topological polar surface area (TPSA) is 78.4 Å². The van der Waals surface area contributed by atoms with Gasteiger partial charge in [-0.05, 0) is 0 Å². The minimum absolute atomic E-state index is 0.178. The van der Waals surface area contributed by atoms with Gasteiger partial charge in [0, 0.05) is 6.07 Å². The number of carbonyl (C=O) groups excluding carboxylic acids is 1. The molecule has 2 heterocycles. The lowest BCUT2D eigenvalue weighted by Gasteiger charge is -2.22. The summed E-state index contributed by atoms with van der Waals surface area (Å²) in [6.07, 6.45) is 0. The van der Waals surface area contributed by atoms with Gasteiger partial charge in [0.1, 0.15) is 5.76 Å². The Kier molecular flexibility index (Phi) is 1.58. The summed E-state index contributed by atoms with van der Waals surface area (Å²) in [5.41, 5.74) is 5.17. The van der Waals surface area contributed by atoms with E-state index in [1.54, 1.807) is 6.07 Å². The average Bonchev–Trinajstić information content (AvgIpc) is 2.32. The van der Waals surface area contributed by atoms with Gasteiger partial charge >= 0.3 is 0 Å². The lowest BCUT2D eigenvalue weighted by atomic mass is 10.1. The minimum Gasteiger partial charge on any atom is -0.380 e. The number of nitrogens with zero attached hydrogens (tertiary/aromatic N) is 1. The molecule has 0 bridgehead atoms. The molecule has 2 N–H and O–H groups in total. The van der Waals surface area contributed by atoms with Gasteiger partial charge in [-0.25, -0.2) is 0 Å². The van der Waals surface area contributed by atoms with Crippen LogP contribution in [0.5, 0.6) is 0 Å². The first-order chi connectivity index (χ1) is 5.77. The lowest BCUT2D eigenvalue weighted by Crippen LogP contribution is -2.24. The van der Waals surface area contributed by atoms with Crippen molar-refractivity contribution in [2.45, 2.75) is 5.92 Å². The highest BCUT2D eigenvalue weighted by atomic mass is 16.5. The Balaban J connectivity index is 2.17. The Morgan fingerprint density at radius 1 is 1.67 bits per heavy atom. The predicted molar refractivity (Wildman–Crippen MR) is 38.6 cm³/mol. The van der Waals surface area contributed by atoms with Crippen LogP contribution in [0.25, 0.3) is 0 Å². The molecule has 1 aromatic rings. The zero-order valence-electron chi connectivity index (χ0n) is 6.32. The third kappa shape index (κ3) is 1.08. The number of nitrogens with two attached hydrogens (primary N) is 1. The third-order valence-corrected chi connectivity index (χ3v) is 1.82. The third-order valence-electron chi connectivity index (χ3n) is 1.82. The average molecular weight is 168 g/mol. The molecule has 1 fully saturated rings. The molecule has 0 atom stereocenters. The van der Waals surface area contributed by atoms with Gasteiger partial charge in [-0.3, -0.25) is 4.79 Å². The number of rotatable bonds is 2. The molecule has 0 aromatic carbocycles. The highest BCUT2D eigenvalue weighted by Crippen LogP contribution is 2.24. The second-order valence-corrected chi connectivity index (χ2v) is 2.71. The number of hydrogen-bond donors (Lipinski definition) is 1. The number of ether oxygens (including phenoxy) is 1. The number of aromatic nitrogens is 1. The van der Waals surface area contributed by atoms with Crippen molar-refractivity contribution in [1.29, 1.82) is 0 Å². The summed E-state index contributed by atoms with van der Waals surface area (Å²) in [4.78, 5) is 10.6. The smallest absolute Gasteiger partial charge is 0.270 e. The Bertz CT molecular complexity index is 303. The first kappa shape index (κ1) is 7.30. The Labute approximate surface area is 68.5 Å². The van der Waals surface area contributed by atoms with Crippen molar-refractivity contribution < 1.29 is 14.1 Å². The van der Waals surface area contributed by atoms with E-state index in [4.69, 9.17) is 15.0 Å².